The van der Waals surface area contributed by atoms with Gasteiger partial charge in [0.05, 0.1) is 18.8 Å². The van der Waals surface area contributed by atoms with Gasteiger partial charge in [-0.05, 0) is 27.2 Å². The number of ether oxygens (including phenoxy) is 3. The Kier molecular flexibility index (Phi) is 7.15. The van der Waals surface area contributed by atoms with Gasteiger partial charge in [-0.3, -0.25) is 0 Å². The van der Waals surface area contributed by atoms with Crippen molar-refractivity contribution in [3.05, 3.63) is 0 Å². The first-order valence-corrected chi connectivity index (χ1v) is 5.24. The van der Waals surface area contributed by atoms with Gasteiger partial charge in [0.1, 0.15) is 6.10 Å². The number of rotatable bonds is 7. The molecule has 14 heavy (non-hydrogen) atoms. The maximum atomic E-state index is 5.61. The second kappa shape index (κ2) is 7.21. The molecule has 0 amide bonds. The highest BCUT2D eigenvalue weighted by molar-refractivity contribution is 4.62. The van der Waals surface area contributed by atoms with E-state index in [0.717, 1.165) is 13.0 Å². The van der Waals surface area contributed by atoms with Crippen molar-refractivity contribution in [2.45, 2.75) is 45.8 Å². The van der Waals surface area contributed by atoms with Gasteiger partial charge in [-0.1, -0.05) is 6.92 Å². The van der Waals surface area contributed by atoms with Gasteiger partial charge in [0, 0.05) is 13.7 Å². The second-order valence-electron chi connectivity index (χ2n) is 4.36. The minimum absolute atomic E-state index is 0.0424. The third-order valence-electron chi connectivity index (χ3n) is 1.69. The van der Waals surface area contributed by atoms with E-state index < -0.39 is 0 Å². The van der Waals surface area contributed by atoms with Crippen LogP contribution in [0.15, 0.2) is 0 Å². The maximum Gasteiger partial charge on any atom is 0.104 e. The van der Waals surface area contributed by atoms with Crippen molar-refractivity contribution >= 4 is 0 Å². The Morgan fingerprint density at radius 3 is 2.21 bits per heavy atom. The molecule has 0 spiro atoms. The van der Waals surface area contributed by atoms with E-state index in [2.05, 4.69) is 6.92 Å². The summed E-state index contributed by atoms with van der Waals surface area (Å²) in [6.45, 7) is 10.2. The highest BCUT2D eigenvalue weighted by Gasteiger charge is 2.14. The van der Waals surface area contributed by atoms with E-state index in [-0.39, 0.29) is 11.7 Å². The van der Waals surface area contributed by atoms with E-state index in [9.17, 15) is 0 Å². The summed E-state index contributed by atoms with van der Waals surface area (Å²) in [5.74, 6) is 0. The zero-order chi connectivity index (χ0) is 11.0. The molecule has 0 radical (unpaired) electrons. The van der Waals surface area contributed by atoms with Crippen molar-refractivity contribution in [1.82, 2.24) is 0 Å². The van der Waals surface area contributed by atoms with Crippen molar-refractivity contribution in [3.8, 4) is 0 Å². The lowest BCUT2D eigenvalue weighted by molar-refractivity contribution is -0.0844. The number of methoxy groups -OCH3 is 1. The Bertz CT molecular complexity index is 129. The molecule has 0 bridgehead atoms. The molecule has 0 N–H and O–H groups in total. The topological polar surface area (TPSA) is 27.7 Å². The predicted octanol–water partition coefficient (Wildman–Crippen LogP) is 2.24. The van der Waals surface area contributed by atoms with Gasteiger partial charge in [0.2, 0.25) is 0 Å². The first-order chi connectivity index (χ1) is 6.49. The van der Waals surface area contributed by atoms with E-state index >= 15 is 0 Å². The lowest BCUT2D eigenvalue weighted by atomic mass is 10.2. The molecule has 3 nitrogen and oxygen atoms in total. The molecular weight excluding hydrogens is 180 g/mol. The molecule has 3 heteroatoms. The molecule has 1 atom stereocenters. The van der Waals surface area contributed by atoms with Crippen LogP contribution in [0.3, 0.4) is 0 Å². The molecule has 0 aliphatic heterocycles. The number of hydrogen-bond acceptors (Lipinski definition) is 3. The normalized spacial score (nSPS) is 14.4. The summed E-state index contributed by atoms with van der Waals surface area (Å²) in [5, 5.41) is 0. The lowest BCUT2D eigenvalue weighted by Crippen LogP contribution is -2.30. The monoisotopic (exact) mass is 204 g/mol. The van der Waals surface area contributed by atoms with Crippen LogP contribution in [0.2, 0.25) is 0 Å². The molecule has 0 saturated heterocycles. The minimum Gasteiger partial charge on any atom is -0.379 e. The zero-order valence-corrected chi connectivity index (χ0v) is 10.1. The standard InChI is InChI=1S/C11H24O3/c1-6-7-13-8-10(12-5)9-14-11(2,3)4/h10H,6-9H2,1-5H3. The molecule has 0 rings (SSSR count). The Hall–Kier alpha value is -0.120. The second-order valence-corrected chi connectivity index (χ2v) is 4.36. The van der Waals surface area contributed by atoms with Crippen molar-refractivity contribution in [1.29, 1.82) is 0 Å². The SMILES string of the molecule is CCCOCC(COC(C)(C)C)OC. The molecule has 0 heterocycles. The van der Waals surface area contributed by atoms with Crippen molar-refractivity contribution in [2.75, 3.05) is 26.9 Å². The number of hydrogen-bond donors (Lipinski definition) is 0. The Labute approximate surface area is 87.7 Å². The zero-order valence-electron chi connectivity index (χ0n) is 10.1. The van der Waals surface area contributed by atoms with Gasteiger partial charge in [-0.15, -0.1) is 0 Å². The fourth-order valence-electron chi connectivity index (χ4n) is 0.886. The molecule has 0 aliphatic carbocycles. The quantitative estimate of drug-likeness (QED) is 0.595. The van der Waals surface area contributed by atoms with Crippen molar-refractivity contribution in [3.63, 3.8) is 0 Å². The van der Waals surface area contributed by atoms with Gasteiger partial charge >= 0.3 is 0 Å². The van der Waals surface area contributed by atoms with Crippen LogP contribution in [0.4, 0.5) is 0 Å². The summed E-state index contributed by atoms with van der Waals surface area (Å²) in [6.07, 6.45) is 1.08. The van der Waals surface area contributed by atoms with Crippen LogP contribution in [0.1, 0.15) is 34.1 Å². The highest BCUT2D eigenvalue weighted by atomic mass is 16.6. The Balaban J connectivity index is 3.58. The summed E-state index contributed by atoms with van der Waals surface area (Å²) in [6, 6.07) is 0. The first-order valence-electron chi connectivity index (χ1n) is 5.24. The summed E-state index contributed by atoms with van der Waals surface area (Å²) >= 11 is 0. The van der Waals surface area contributed by atoms with Crippen LogP contribution in [-0.4, -0.2) is 38.6 Å². The van der Waals surface area contributed by atoms with E-state index in [1.165, 1.54) is 0 Å². The van der Waals surface area contributed by atoms with Gasteiger partial charge in [0.25, 0.3) is 0 Å². The molecule has 0 aromatic heterocycles. The summed E-state index contributed by atoms with van der Waals surface area (Å²) in [4.78, 5) is 0. The molecular formula is C11H24O3. The maximum absolute atomic E-state index is 5.61. The highest BCUT2D eigenvalue weighted by Crippen LogP contribution is 2.08. The summed E-state index contributed by atoms with van der Waals surface area (Å²) in [7, 11) is 1.69. The van der Waals surface area contributed by atoms with Crippen molar-refractivity contribution in [2.24, 2.45) is 0 Å². The molecule has 0 aromatic carbocycles. The fourth-order valence-corrected chi connectivity index (χ4v) is 0.886. The van der Waals surface area contributed by atoms with Crippen LogP contribution in [-0.2, 0) is 14.2 Å². The largest absolute Gasteiger partial charge is 0.379 e. The Morgan fingerprint density at radius 2 is 1.79 bits per heavy atom. The average Bonchev–Trinajstić information content (AvgIpc) is 2.09. The van der Waals surface area contributed by atoms with Gasteiger partial charge < -0.3 is 14.2 Å². The lowest BCUT2D eigenvalue weighted by Gasteiger charge is -2.23. The summed E-state index contributed by atoms with van der Waals surface area (Å²) < 4.78 is 16.2. The van der Waals surface area contributed by atoms with Crippen molar-refractivity contribution < 1.29 is 14.2 Å². The van der Waals surface area contributed by atoms with Crippen LogP contribution < -0.4 is 0 Å². The fraction of sp³-hybridized carbons (Fsp3) is 1.00. The molecule has 0 fully saturated rings. The third kappa shape index (κ3) is 8.48. The Morgan fingerprint density at radius 1 is 1.14 bits per heavy atom. The van der Waals surface area contributed by atoms with Crippen LogP contribution >= 0.6 is 0 Å². The third-order valence-corrected chi connectivity index (χ3v) is 1.69. The average molecular weight is 204 g/mol. The summed E-state index contributed by atoms with van der Waals surface area (Å²) in [5.41, 5.74) is -0.110. The molecule has 86 valence electrons. The predicted molar refractivity (Wildman–Crippen MR) is 57.6 cm³/mol. The van der Waals surface area contributed by atoms with E-state index in [1.54, 1.807) is 7.11 Å². The van der Waals surface area contributed by atoms with Crippen LogP contribution in [0, 0.1) is 0 Å². The van der Waals surface area contributed by atoms with Gasteiger partial charge in [-0.25, -0.2) is 0 Å². The molecule has 0 aliphatic rings. The minimum atomic E-state index is -0.110. The van der Waals surface area contributed by atoms with Gasteiger partial charge in [-0.2, -0.15) is 0 Å². The van der Waals surface area contributed by atoms with Crippen LogP contribution in [0.5, 0.6) is 0 Å². The molecule has 1 unspecified atom stereocenters. The first kappa shape index (κ1) is 13.9. The van der Waals surface area contributed by atoms with Gasteiger partial charge in [0.15, 0.2) is 0 Å². The molecule has 0 aromatic rings. The van der Waals surface area contributed by atoms with E-state index in [0.29, 0.717) is 13.2 Å². The molecule has 0 saturated carbocycles. The van der Waals surface area contributed by atoms with E-state index in [1.807, 2.05) is 20.8 Å². The van der Waals surface area contributed by atoms with Crippen LogP contribution in [0.25, 0.3) is 0 Å². The smallest absolute Gasteiger partial charge is 0.104 e. The van der Waals surface area contributed by atoms with E-state index in [4.69, 9.17) is 14.2 Å².